The zero-order valence-electron chi connectivity index (χ0n) is 13.8. The van der Waals surface area contributed by atoms with Gasteiger partial charge in [0.15, 0.2) is 0 Å². The molecule has 0 bridgehead atoms. The average Bonchev–Trinajstić information content (AvgIpc) is 2.46. The minimum atomic E-state index is -2.86. The van der Waals surface area contributed by atoms with Crippen LogP contribution in [0.1, 0.15) is 55.8 Å². The second-order valence-corrected chi connectivity index (χ2v) is 8.15. The lowest BCUT2D eigenvalue weighted by atomic mass is 9.94. The third-order valence-electron chi connectivity index (χ3n) is 4.05. The van der Waals surface area contributed by atoms with Crippen LogP contribution in [0.15, 0.2) is 18.2 Å². The highest BCUT2D eigenvalue weighted by Gasteiger charge is 2.15. The van der Waals surface area contributed by atoms with Crippen LogP contribution in [0, 0.1) is 13.8 Å². The van der Waals surface area contributed by atoms with Gasteiger partial charge in [0.25, 0.3) is 0 Å². The van der Waals surface area contributed by atoms with Crippen molar-refractivity contribution in [2.45, 2.75) is 53.0 Å². The molecule has 0 saturated carbocycles. The number of hydrogen-bond acceptors (Lipinski definition) is 3. The van der Waals surface area contributed by atoms with Gasteiger partial charge in [0.1, 0.15) is 9.84 Å². The van der Waals surface area contributed by atoms with Crippen LogP contribution < -0.4 is 5.32 Å². The zero-order chi connectivity index (χ0) is 15.9. The first kappa shape index (κ1) is 18.2. The molecular formula is C17H29NO2S. The number of aryl methyl sites for hydroxylation is 1. The topological polar surface area (TPSA) is 46.2 Å². The summed E-state index contributed by atoms with van der Waals surface area (Å²) in [6.07, 6.45) is 2.66. The lowest BCUT2D eigenvalue weighted by Crippen LogP contribution is -2.24. The summed E-state index contributed by atoms with van der Waals surface area (Å²) in [6, 6.07) is 6.61. The van der Waals surface area contributed by atoms with E-state index in [-0.39, 0.29) is 11.8 Å². The zero-order valence-corrected chi connectivity index (χ0v) is 14.6. The van der Waals surface area contributed by atoms with E-state index >= 15 is 0 Å². The fourth-order valence-corrected chi connectivity index (χ4v) is 3.38. The second kappa shape index (κ2) is 8.54. The lowest BCUT2D eigenvalue weighted by molar-refractivity contribution is 0.490. The summed E-state index contributed by atoms with van der Waals surface area (Å²) in [4.78, 5) is 0. The number of sulfone groups is 1. The van der Waals surface area contributed by atoms with E-state index in [0.717, 1.165) is 19.4 Å². The van der Waals surface area contributed by atoms with Crippen molar-refractivity contribution in [3.8, 4) is 0 Å². The molecule has 0 saturated heterocycles. The van der Waals surface area contributed by atoms with E-state index in [1.54, 1.807) is 6.92 Å². The first-order valence-corrected chi connectivity index (χ1v) is 9.73. The van der Waals surface area contributed by atoms with Gasteiger partial charge >= 0.3 is 0 Å². The standard InChI is InChI=1S/C17H29NO2S/c1-5-12-18-17(11-8-13-21(19,20)6-2)16-10-7-9-14(3)15(16)4/h7,9-10,17-18H,5-6,8,11-13H2,1-4H3. The fraction of sp³-hybridized carbons (Fsp3) is 0.647. The van der Waals surface area contributed by atoms with E-state index in [1.165, 1.54) is 16.7 Å². The van der Waals surface area contributed by atoms with Crippen LogP contribution in [0.3, 0.4) is 0 Å². The molecule has 120 valence electrons. The normalized spacial score (nSPS) is 13.3. The molecule has 0 aromatic heterocycles. The third-order valence-corrected chi connectivity index (χ3v) is 5.84. The Morgan fingerprint density at radius 1 is 1.19 bits per heavy atom. The van der Waals surface area contributed by atoms with E-state index in [0.29, 0.717) is 12.2 Å². The maximum Gasteiger partial charge on any atom is 0.150 e. The van der Waals surface area contributed by atoms with Crippen LogP contribution in [0.25, 0.3) is 0 Å². The number of benzene rings is 1. The SMILES string of the molecule is CCCNC(CCCS(=O)(=O)CC)c1cccc(C)c1C. The van der Waals surface area contributed by atoms with Gasteiger partial charge in [0, 0.05) is 11.8 Å². The van der Waals surface area contributed by atoms with E-state index in [9.17, 15) is 8.42 Å². The molecule has 1 aromatic rings. The van der Waals surface area contributed by atoms with Gasteiger partial charge < -0.3 is 5.32 Å². The van der Waals surface area contributed by atoms with Gasteiger partial charge in [0.2, 0.25) is 0 Å². The van der Waals surface area contributed by atoms with Crippen LogP contribution in [0.5, 0.6) is 0 Å². The molecule has 0 heterocycles. The molecule has 0 amide bonds. The molecule has 4 heteroatoms. The number of nitrogens with one attached hydrogen (secondary N) is 1. The Kier molecular flexibility index (Phi) is 7.40. The van der Waals surface area contributed by atoms with Crippen molar-refractivity contribution in [2.75, 3.05) is 18.1 Å². The molecule has 3 nitrogen and oxygen atoms in total. The number of rotatable bonds is 9. The Hall–Kier alpha value is -0.870. The van der Waals surface area contributed by atoms with Gasteiger partial charge in [-0.05, 0) is 56.3 Å². The molecule has 1 atom stereocenters. The molecule has 1 aromatic carbocycles. The molecule has 1 unspecified atom stereocenters. The molecule has 0 aliphatic carbocycles. The van der Waals surface area contributed by atoms with E-state index < -0.39 is 9.84 Å². The van der Waals surface area contributed by atoms with Crippen LogP contribution in [0.2, 0.25) is 0 Å². The Bertz CT molecular complexity index is 538. The van der Waals surface area contributed by atoms with E-state index in [4.69, 9.17) is 0 Å². The van der Waals surface area contributed by atoms with E-state index in [1.807, 2.05) is 0 Å². The first-order valence-electron chi connectivity index (χ1n) is 7.91. The molecule has 0 aliphatic rings. The second-order valence-electron chi connectivity index (χ2n) is 5.67. The highest BCUT2D eigenvalue weighted by Crippen LogP contribution is 2.24. The predicted molar refractivity (Wildman–Crippen MR) is 90.5 cm³/mol. The van der Waals surface area contributed by atoms with Gasteiger partial charge in [-0.2, -0.15) is 0 Å². The molecule has 1 N–H and O–H groups in total. The number of hydrogen-bond donors (Lipinski definition) is 1. The van der Waals surface area contributed by atoms with Gasteiger partial charge in [0.05, 0.1) is 5.75 Å². The molecule has 0 radical (unpaired) electrons. The maximum atomic E-state index is 11.6. The van der Waals surface area contributed by atoms with Crippen molar-refractivity contribution < 1.29 is 8.42 Å². The van der Waals surface area contributed by atoms with Crippen molar-refractivity contribution in [1.29, 1.82) is 0 Å². The summed E-state index contributed by atoms with van der Waals surface area (Å²) in [5, 5.41) is 3.56. The summed E-state index contributed by atoms with van der Waals surface area (Å²) in [5.41, 5.74) is 3.90. The molecule has 1 rings (SSSR count). The minimum absolute atomic E-state index is 0.240. The highest BCUT2D eigenvalue weighted by atomic mass is 32.2. The average molecular weight is 311 g/mol. The monoisotopic (exact) mass is 311 g/mol. The molecule has 0 aliphatic heterocycles. The Morgan fingerprint density at radius 2 is 1.90 bits per heavy atom. The lowest BCUT2D eigenvalue weighted by Gasteiger charge is -2.22. The predicted octanol–water partition coefficient (Wildman–Crippen LogP) is 3.56. The van der Waals surface area contributed by atoms with Crippen molar-refractivity contribution >= 4 is 9.84 Å². The summed E-state index contributed by atoms with van der Waals surface area (Å²) >= 11 is 0. The van der Waals surface area contributed by atoms with Gasteiger partial charge in [-0.25, -0.2) is 8.42 Å². The van der Waals surface area contributed by atoms with Crippen molar-refractivity contribution in [3.63, 3.8) is 0 Å². The molecule has 21 heavy (non-hydrogen) atoms. The fourth-order valence-electron chi connectivity index (χ4n) is 2.49. The highest BCUT2D eigenvalue weighted by molar-refractivity contribution is 7.91. The summed E-state index contributed by atoms with van der Waals surface area (Å²) in [6.45, 7) is 9.09. The molecule has 0 fully saturated rings. The quantitative estimate of drug-likeness (QED) is 0.758. The Balaban J connectivity index is 2.78. The maximum absolute atomic E-state index is 11.6. The Labute approximate surface area is 130 Å². The molecule has 0 spiro atoms. The van der Waals surface area contributed by atoms with Crippen molar-refractivity contribution in [1.82, 2.24) is 5.32 Å². The largest absolute Gasteiger partial charge is 0.310 e. The smallest absolute Gasteiger partial charge is 0.150 e. The van der Waals surface area contributed by atoms with Crippen LogP contribution in [-0.4, -0.2) is 26.5 Å². The Morgan fingerprint density at radius 3 is 2.52 bits per heavy atom. The summed E-state index contributed by atoms with van der Waals surface area (Å²) < 4.78 is 23.3. The van der Waals surface area contributed by atoms with Crippen LogP contribution in [-0.2, 0) is 9.84 Å². The van der Waals surface area contributed by atoms with E-state index in [2.05, 4.69) is 44.3 Å². The van der Waals surface area contributed by atoms with Crippen LogP contribution in [0.4, 0.5) is 0 Å². The van der Waals surface area contributed by atoms with Gasteiger partial charge in [-0.1, -0.05) is 32.0 Å². The minimum Gasteiger partial charge on any atom is -0.310 e. The van der Waals surface area contributed by atoms with Gasteiger partial charge in [-0.15, -0.1) is 0 Å². The van der Waals surface area contributed by atoms with Crippen molar-refractivity contribution in [2.24, 2.45) is 0 Å². The third kappa shape index (κ3) is 5.79. The summed E-state index contributed by atoms with van der Waals surface area (Å²) in [7, 11) is -2.86. The summed E-state index contributed by atoms with van der Waals surface area (Å²) in [5.74, 6) is 0.530. The van der Waals surface area contributed by atoms with Gasteiger partial charge in [-0.3, -0.25) is 0 Å². The molecular weight excluding hydrogens is 282 g/mol. The first-order chi connectivity index (χ1) is 9.91. The van der Waals surface area contributed by atoms with Crippen molar-refractivity contribution in [3.05, 3.63) is 34.9 Å². The van der Waals surface area contributed by atoms with Crippen LogP contribution >= 0.6 is 0 Å².